The Morgan fingerprint density at radius 2 is 1.81 bits per heavy atom. The highest BCUT2D eigenvalue weighted by Crippen LogP contribution is 2.20. The Labute approximate surface area is 153 Å². The third-order valence-electron chi connectivity index (χ3n) is 3.73. The molecule has 134 valence electrons. The Hall–Kier alpha value is -3.28. The minimum atomic E-state index is 0.527. The van der Waals surface area contributed by atoms with E-state index >= 15 is 0 Å². The van der Waals surface area contributed by atoms with Gasteiger partial charge in [-0.3, -0.25) is 0 Å². The molecule has 0 fully saturated rings. The Bertz CT molecular complexity index is 837. The predicted molar refractivity (Wildman–Crippen MR) is 103 cm³/mol. The maximum Gasteiger partial charge on any atom is 0.229 e. The fourth-order valence-electron chi connectivity index (χ4n) is 2.48. The lowest BCUT2D eigenvalue weighted by Gasteiger charge is -2.11. The van der Waals surface area contributed by atoms with Gasteiger partial charge in [0, 0.05) is 24.0 Å². The molecule has 0 amide bonds. The maximum atomic E-state index is 5.44. The third kappa shape index (κ3) is 4.63. The molecular formula is C20H22N4O2. The Kier molecular flexibility index (Phi) is 5.88. The summed E-state index contributed by atoms with van der Waals surface area (Å²) in [5.74, 6) is 2.95. The van der Waals surface area contributed by atoms with E-state index in [9.17, 15) is 0 Å². The lowest BCUT2D eigenvalue weighted by molar-refractivity contribution is 0.340. The van der Waals surface area contributed by atoms with Crippen LogP contribution in [0, 0.1) is 0 Å². The zero-order valence-corrected chi connectivity index (χ0v) is 14.9. The van der Waals surface area contributed by atoms with Crippen molar-refractivity contribution in [2.75, 3.05) is 24.4 Å². The molecule has 2 aromatic carbocycles. The topological polar surface area (TPSA) is 68.3 Å². The Morgan fingerprint density at radius 3 is 2.58 bits per heavy atom. The molecule has 0 unspecified atom stereocenters. The van der Waals surface area contributed by atoms with Crippen LogP contribution in [0.25, 0.3) is 0 Å². The molecule has 0 saturated carbocycles. The molecule has 3 rings (SSSR count). The first-order valence-electron chi connectivity index (χ1n) is 8.47. The molecule has 0 atom stereocenters. The van der Waals surface area contributed by atoms with Crippen LogP contribution in [0.3, 0.4) is 0 Å². The molecule has 0 saturated heterocycles. The molecule has 0 aliphatic carbocycles. The van der Waals surface area contributed by atoms with Crippen LogP contribution in [0.15, 0.2) is 60.8 Å². The van der Waals surface area contributed by atoms with Crippen molar-refractivity contribution in [3.63, 3.8) is 0 Å². The van der Waals surface area contributed by atoms with E-state index in [1.54, 1.807) is 13.3 Å². The average Bonchev–Trinajstić information content (AvgIpc) is 2.69. The summed E-state index contributed by atoms with van der Waals surface area (Å²) < 4.78 is 10.8. The summed E-state index contributed by atoms with van der Waals surface area (Å²) >= 11 is 0. The summed E-state index contributed by atoms with van der Waals surface area (Å²) in [5.41, 5.74) is 1.96. The molecule has 0 aliphatic rings. The molecule has 0 bridgehead atoms. The zero-order valence-electron chi connectivity index (χ0n) is 14.9. The molecule has 6 nitrogen and oxygen atoms in total. The van der Waals surface area contributed by atoms with E-state index in [0.29, 0.717) is 19.1 Å². The highest BCUT2D eigenvalue weighted by atomic mass is 16.5. The van der Waals surface area contributed by atoms with Gasteiger partial charge in [0.2, 0.25) is 5.95 Å². The van der Waals surface area contributed by atoms with E-state index in [4.69, 9.17) is 9.47 Å². The third-order valence-corrected chi connectivity index (χ3v) is 3.73. The summed E-state index contributed by atoms with van der Waals surface area (Å²) in [4.78, 5) is 8.76. The number of nitrogens with zero attached hydrogens (tertiary/aromatic N) is 2. The molecule has 0 aliphatic heterocycles. The van der Waals surface area contributed by atoms with Crippen molar-refractivity contribution in [1.82, 2.24) is 9.97 Å². The van der Waals surface area contributed by atoms with Gasteiger partial charge < -0.3 is 20.1 Å². The SMILES string of the molecule is CCOc1ccc(Nc2nccc(NCc3ccccc3OC)n2)cc1. The molecule has 0 spiro atoms. The van der Waals surface area contributed by atoms with Crippen LogP contribution >= 0.6 is 0 Å². The number of para-hydroxylation sites is 1. The van der Waals surface area contributed by atoms with E-state index in [2.05, 4.69) is 20.6 Å². The van der Waals surface area contributed by atoms with Gasteiger partial charge in [0.1, 0.15) is 17.3 Å². The van der Waals surface area contributed by atoms with E-state index in [-0.39, 0.29) is 0 Å². The standard InChI is InChI=1S/C20H22N4O2/c1-3-26-17-10-8-16(9-11-17)23-20-21-13-12-19(24-20)22-14-15-6-4-5-7-18(15)25-2/h4-13H,3,14H2,1-2H3,(H2,21,22,23,24). The molecule has 0 radical (unpaired) electrons. The number of hydrogen-bond donors (Lipinski definition) is 2. The van der Waals surface area contributed by atoms with Gasteiger partial charge in [-0.2, -0.15) is 4.98 Å². The van der Waals surface area contributed by atoms with Crippen molar-refractivity contribution in [3.05, 3.63) is 66.4 Å². The summed E-state index contributed by atoms with van der Waals surface area (Å²) in [6, 6.07) is 17.4. The van der Waals surface area contributed by atoms with E-state index in [1.807, 2.05) is 61.5 Å². The molecule has 26 heavy (non-hydrogen) atoms. The molecule has 3 aromatic rings. The number of aromatic nitrogens is 2. The zero-order chi connectivity index (χ0) is 18.2. The number of benzene rings is 2. The molecule has 1 heterocycles. The first-order chi connectivity index (χ1) is 12.8. The van der Waals surface area contributed by atoms with Gasteiger partial charge in [0.05, 0.1) is 13.7 Å². The van der Waals surface area contributed by atoms with Crippen molar-refractivity contribution in [2.45, 2.75) is 13.5 Å². The molecular weight excluding hydrogens is 328 g/mol. The monoisotopic (exact) mass is 350 g/mol. The van der Waals surface area contributed by atoms with Gasteiger partial charge in [-0.25, -0.2) is 4.98 Å². The quantitative estimate of drug-likeness (QED) is 0.633. The number of ether oxygens (including phenoxy) is 2. The largest absolute Gasteiger partial charge is 0.496 e. The average molecular weight is 350 g/mol. The van der Waals surface area contributed by atoms with Crippen molar-refractivity contribution in [2.24, 2.45) is 0 Å². The van der Waals surface area contributed by atoms with Crippen molar-refractivity contribution in [1.29, 1.82) is 0 Å². The van der Waals surface area contributed by atoms with Crippen LogP contribution in [-0.2, 0) is 6.54 Å². The van der Waals surface area contributed by atoms with Crippen LogP contribution in [0.5, 0.6) is 11.5 Å². The summed E-state index contributed by atoms with van der Waals surface area (Å²) in [5, 5.41) is 6.49. The second-order valence-corrected chi connectivity index (χ2v) is 5.51. The second-order valence-electron chi connectivity index (χ2n) is 5.51. The number of hydrogen-bond acceptors (Lipinski definition) is 6. The molecule has 6 heteroatoms. The smallest absolute Gasteiger partial charge is 0.229 e. The van der Waals surface area contributed by atoms with Crippen molar-refractivity contribution < 1.29 is 9.47 Å². The van der Waals surface area contributed by atoms with Gasteiger partial charge in [0.25, 0.3) is 0 Å². The number of rotatable bonds is 8. The number of methoxy groups -OCH3 is 1. The number of nitrogens with one attached hydrogen (secondary N) is 2. The molecule has 2 N–H and O–H groups in total. The minimum Gasteiger partial charge on any atom is -0.496 e. The summed E-state index contributed by atoms with van der Waals surface area (Å²) in [6.45, 7) is 3.23. The maximum absolute atomic E-state index is 5.44. The predicted octanol–water partition coefficient (Wildman–Crippen LogP) is 4.24. The minimum absolute atomic E-state index is 0.527. The fourth-order valence-corrected chi connectivity index (χ4v) is 2.48. The second kappa shape index (κ2) is 8.71. The van der Waals surface area contributed by atoms with Gasteiger partial charge >= 0.3 is 0 Å². The first kappa shape index (κ1) is 17.5. The van der Waals surface area contributed by atoms with E-state index in [1.165, 1.54) is 0 Å². The van der Waals surface area contributed by atoms with E-state index < -0.39 is 0 Å². The summed E-state index contributed by atoms with van der Waals surface area (Å²) in [6.07, 6.45) is 1.72. The van der Waals surface area contributed by atoms with Crippen molar-refractivity contribution in [3.8, 4) is 11.5 Å². The lowest BCUT2D eigenvalue weighted by Crippen LogP contribution is -2.05. The number of anilines is 3. The van der Waals surface area contributed by atoms with Gasteiger partial charge in [-0.05, 0) is 43.3 Å². The van der Waals surface area contributed by atoms with Crippen LogP contribution in [0.2, 0.25) is 0 Å². The van der Waals surface area contributed by atoms with Gasteiger partial charge in [-0.1, -0.05) is 18.2 Å². The Balaban J connectivity index is 1.64. The van der Waals surface area contributed by atoms with Crippen LogP contribution in [0.1, 0.15) is 12.5 Å². The summed E-state index contributed by atoms with van der Waals surface area (Å²) in [7, 11) is 1.67. The van der Waals surface area contributed by atoms with Gasteiger partial charge in [-0.15, -0.1) is 0 Å². The van der Waals surface area contributed by atoms with Crippen LogP contribution in [0.4, 0.5) is 17.5 Å². The highest BCUT2D eigenvalue weighted by Gasteiger charge is 2.04. The fraction of sp³-hybridized carbons (Fsp3) is 0.200. The van der Waals surface area contributed by atoms with Crippen LogP contribution in [-0.4, -0.2) is 23.7 Å². The van der Waals surface area contributed by atoms with E-state index in [0.717, 1.165) is 28.6 Å². The normalized spacial score (nSPS) is 10.2. The van der Waals surface area contributed by atoms with Crippen LogP contribution < -0.4 is 20.1 Å². The van der Waals surface area contributed by atoms with Crippen molar-refractivity contribution >= 4 is 17.5 Å². The lowest BCUT2D eigenvalue weighted by atomic mass is 10.2. The van der Waals surface area contributed by atoms with Gasteiger partial charge in [0.15, 0.2) is 0 Å². The first-order valence-corrected chi connectivity index (χ1v) is 8.47. The molecule has 1 aromatic heterocycles. The Morgan fingerprint density at radius 1 is 1.00 bits per heavy atom. The highest BCUT2D eigenvalue weighted by molar-refractivity contribution is 5.56.